The first-order valence-electron chi connectivity index (χ1n) is 11.1. The van der Waals surface area contributed by atoms with Gasteiger partial charge >= 0.3 is 0 Å². The van der Waals surface area contributed by atoms with Gasteiger partial charge in [0.1, 0.15) is 13.2 Å². The van der Waals surface area contributed by atoms with E-state index in [0.29, 0.717) is 23.7 Å². The predicted octanol–water partition coefficient (Wildman–Crippen LogP) is 4.00. The van der Waals surface area contributed by atoms with Crippen molar-refractivity contribution in [3.05, 3.63) is 0 Å². The Morgan fingerprint density at radius 3 is 1.25 bits per heavy atom. The Kier molecular flexibility index (Phi) is 7.81. The molecule has 0 radical (unpaired) electrons. The molecule has 28 heavy (non-hydrogen) atoms. The highest BCUT2D eigenvalue weighted by Crippen LogP contribution is 2.47. The van der Waals surface area contributed by atoms with Gasteiger partial charge in [0.2, 0.25) is 0 Å². The molecule has 0 saturated heterocycles. The third kappa shape index (κ3) is 7.33. The van der Waals surface area contributed by atoms with E-state index in [0.717, 1.165) is 35.2 Å². The van der Waals surface area contributed by atoms with Crippen LogP contribution in [0.1, 0.15) is 51.4 Å². The van der Waals surface area contributed by atoms with Crippen molar-refractivity contribution in [2.45, 2.75) is 63.6 Å². The molecule has 4 nitrogen and oxygen atoms in total. The molecule has 0 unspecified atom stereocenters. The van der Waals surface area contributed by atoms with E-state index in [1.807, 2.05) is 0 Å². The van der Waals surface area contributed by atoms with E-state index < -0.39 is 0 Å². The monoisotopic (exact) mass is 426 g/mol. The van der Waals surface area contributed by atoms with Crippen molar-refractivity contribution in [1.29, 1.82) is 0 Å². The van der Waals surface area contributed by atoms with E-state index in [9.17, 15) is 9.59 Å². The molecule has 0 aliphatic heterocycles. The van der Waals surface area contributed by atoms with Gasteiger partial charge in [0.15, 0.2) is 11.6 Å². The summed E-state index contributed by atoms with van der Waals surface area (Å²) in [4.78, 5) is 24.0. The maximum absolute atomic E-state index is 12.0. The van der Waals surface area contributed by atoms with Crippen LogP contribution in [0.25, 0.3) is 0 Å². The van der Waals surface area contributed by atoms with Gasteiger partial charge in [0.25, 0.3) is 0 Å². The van der Waals surface area contributed by atoms with Crippen molar-refractivity contribution >= 4 is 35.1 Å². The van der Waals surface area contributed by atoms with Crippen LogP contribution in [-0.4, -0.2) is 60.0 Å². The number of Topliss-reactive ketones (excluding diaryl/α,β-unsaturated/α-hetero) is 2. The molecule has 4 fully saturated rings. The molecular formula is C22H34O4S2. The summed E-state index contributed by atoms with van der Waals surface area (Å²) in [6.45, 7) is 0.577. The smallest absolute Gasteiger partial charge is 0.168 e. The summed E-state index contributed by atoms with van der Waals surface area (Å²) in [6.07, 6.45) is 11.0. The lowest BCUT2D eigenvalue weighted by atomic mass is 10.1. The summed E-state index contributed by atoms with van der Waals surface area (Å²) in [5.41, 5.74) is 0. The van der Waals surface area contributed by atoms with Crippen LogP contribution in [0.4, 0.5) is 0 Å². The normalized spacial score (nSPS) is 22.2. The van der Waals surface area contributed by atoms with Crippen molar-refractivity contribution in [1.82, 2.24) is 0 Å². The standard InChI is InChI=1S/C22H34O4S2/c23-19(11-25-21(15-1-2-15)16-3-4-16)13-27-9-10-28-14-20(24)12-26-22(17-5-6-17)18-7-8-18/h15-18,21-22H,1-14H2. The quantitative estimate of drug-likeness (QED) is 0.328. The van der Waals surface area contributed by atoms with Crippen molar-refractivity contribution < 1.29 is 19.1 Å². The fourth-order valence-corrected chi connectivity index (χ4v) is 5.82. The Balaban J connectivity index is 0.972. The van der Waals surface area contributed by atoms with Crippen molar-refractivity contribution in [2.75, 3.05) is 36.2 Å². The van der Waals surface area contributed by atoms with Crippen LogP contribution < -0.4 is 0 Å². The van der Waals surface area contributed by atoms with E-state index >= 15 is 0 Å². The summed E-state index contributed by atoms with van der Waals surface area (Å²) in [5, 5.41) is 0. The molecule has 0 amide bonds. The lowest BCUT2D eigenvalue weighted by molar-refractivity contribution is -0.124. The van der Waals surface area contributed by atoms with Gasteiger partial charge in [-0.05, 0) is 75.0 Å². The molecule has 0 spiro atoms. The van der Waals surface area contributed by atoms with E-state index in [4.69, 9.17) is 9.47 Å². The minimum absolute atomic E-state index is 0.206. The highest BCUT2D eigenvalue weighted by Gasteiger charge is 2.43. The van der Waals surface area contributed by atoms with Gasteiger partial charge in [0.05, 0.1) is 23.7 Å². The Morgan fingerprint density at radius 1 is 0.643 bits per heavy atom. The van der Waals surface area contributed by atoms with Gasteiger partial charge in [-0.1, -0.05) is 0 Å². The lowest BCUT2D eigenvalue weighted by Crippen LogP contribution is -2.23. The first-order chi connectivity index (χ1) is 13.7. The molecule has 158 valence electrons. The first-order valence-corrected chi connectivity index (χ1v) is 13.4. The highest BCUT2D eigenvalue weighted by molar-refractivity contribution is 8.03. The number of carbonyl (C=O) groups excluding carboxylic acids is 2. The number of hydrogen-bond donors (Lipinski definition) is 0. The Labute approximate surface area is 177 Å². The largest absolute Gasteiger partial charge is 0.370 e. The molecule has 0 N–H and O–H groups in total. The third-order valence-corrected chi connectivity index (χ3v) is 8.41. The molecule has 4 aliphatic carbocycles. The van der Waals surface area contributed by atoms with Gasteiger partial charge in [0, 0.05) is 11.5 Å². The number of rotatable bonds is 17. The Bertz CT molecular complexity index is 467. The Morgan fingerprint density at radius 2 is 0.964 bits per heavy atom. The minimum Gasteiger partial charge on any atom is -0.370 e. The van der Waals surface area contributed by atoms with Gasteiger partial charge in [-0.2, -0.15) is 23.5 Å². The fraction of sp³-hybridized carbons (Fsp3) is 0.909. The number of ketones is 2. The fourth-order valence-electron chi connectivity index (χ4n) is 3.96. The second-order valence-electron chi connectivity index (χ2n) is 9.08. The van der Waals surface area contributed by atoms with Gasteiger partial charge in [-0.15, -0.1) is 0 Å². The molecule has 0 aromatic heterocycles. The molecule has 0 atom stereocenters. The topological polar surface area (TPSA) is 52.6 Å². The number of hydrogen-bond acceptors (Lipinski definition) is 6. The van der Waals surface area contributed by atoms with E-state index in [-0.39, 0.29) is 24.8 Å². The summed E-state index contributed by atoms with van der Waals surface area (Å²) in [5.74, 6) is 6.22. The van der Waals surface area contributed by atoms with E-state index in [1.54, 1.807) is 23.5 Å². The maximum atomic E-state index is 12.0. The van der Waals surface area contributed by atoms with Crippen LogP contribution in [0.3, 0.4) is 0 Å². The summed E-state index contributed by atoms with van der Waals surface area (Å²) in [7, 11) is 0. The van der Waals surface area contributed by atoms with Crippen molar-refractivity contribution in [2.24, 2.45) is 23.7 Å². The predicted molar refractivity (Wildman–Crippen MR) is 115 cm³/mol. The first kappa shape index (κ1) is 21.2. The average molecular weight is 427 g/mol. The van der Waals surface area contributed by atoms with Crippen LogP contribution in [0.5, 0.6) is 0 Å². The zero-order chi connectivity index (χ0) is 19.3. The number of carbonyl (C=O) groups is 2. The minimum atomic E-state index is 0.206. The molecule has 0 heterocycles. The van der Waals surface area contributed by atoms with Crippen LogP contribution in [0, 0.1) is 23.7 Å². The summed E-state index contributed by atoms with van der Waals surface area (Å²) >= 11 is 3.32. The molecule has 4 aliphatic rings. The SMILES string of the molecule is O=C(COC(C1CC1)C1CC1)CSCCSCC(=O)COC(C1CC1)C1CC1. The summed E-state index contributed by atoms with van der Waals surface area (Å²) < 4.78 is 11.8. The molecule has 6 heteroatoms. The third-order valence-electron chi connectivity index (χ3n) is 6.12. The number of thioether (sulfide) groups is 2. The lowest BCUT2D eigenvalue weighted by Gasteiger charge is -2.16. The Hall–Kier alpha value is -0.0400. The van der Waals surface area contributed by atoms with E-state index in [2.05, 4.69) is 0 Å². The van der Waals surface area contributed by atoms with Crippen LogP contribution >= 0.6 is 23.5 Å². The maximum Gasteiger partial charge on any atom is 0.168 e. The van der Waals surface area contributed by atoms with Crippen molar-refractivity contribution in [3.8, 4) is 0 Å². The average Bonchev–Trinajstić information content (AvgIpc) is 3.51. The summed E-state index contributed by atoms with van der Waals surface area (Å²) in [6, 6.07) is 0. The van der Waals surface area contributed by atoms with Gasteiger partial charge in [-0.25, -0.2) is 0 Å². The second kappa shape index (κ2) is 10.3. The number of ether oxygens (including phenoxy) is 2. The van der Waals surface area contributed by atoms with Crippen molar-refractivity contribution in [3.63, 3.8) is 0 Å². The molecule has 0 aromatic carbocycles. The molecular weight excluding hydrogens is 392 g/mol. The molecule has 4 saturated carbocycles. The van der Waals surface area contributed by atoms with E-state index in [1.165, 1.54) is 51.4 Å². The zero-order valence-electron chi connectivity index (χ0n) is 16.8. The van der Waals surface area contributed by atoms with Gasteiger partial charge in [-0.3, -0.25) is 9.59 Å². The van der Waals surface area contributed by atoms with Gasteiger partial charge < -0.3 is 9.47 Å². The van der Waals surface area contributed by atoms with Crippen LogP contribution in [-0.2, 0) is 19.1 Å². The second-order valence-corrected chi connectivity index (χ2v) is 11.3. The molecule has 0 bridgehead atoms. The molecule has 0 aromatic rings. The van der Waals surface area contributed by atoms with Crippen LogP contribution in [0.15, 0.2) is 0 Å². The highest BCUT2D eigenvalue weighted by atomic mass is 32.2. The molecule has 4 rings (SSSR count). The van der Waals surface area contributed by atoms with Crippen LogP contribution in [0.2, 0.25) is 0 Å². The zero-order valence-corrected chi connectivity index (χ0v) is 18.4.